The first-order valence-electron chi connectivity index (χ1n) is 4.94. The van der Waals surface area contributed by atoms with Crippen LogP contribution in [0.2, 0.25) is 0 Å². The molecule has 1 rings (SSSR count). The smallest absolute Gasteiger partial charge is 0.229 e. The maximum Gasteiger partial charge on any atom is 0.229 e. The van der Waals surface area contributed by atoms with Gasteiger partial charge in [0.25, 0.3) is 0 Å². The normalized spacial score (nSPS) is 24.5. The Hall–Kier alpha value is -0.220. The lowest BCUT2D eigenvalue weighted by Gasteiger charge is -2.21. The molecule has 0 radical (unpaired) electrons. The molecular formula is C9H18N2OS. The third-order valence-electron chi connectivity index (χ3n) is 2.33. The van der Waals surface area contributed by atoms with Gasteiger partial charge < -0.3 is 10.6 Å². The highest BCUT2D eigenvalue weighted by Crippen LogP contribution is 2.06. The van der Waals surface area contributed by atoms with E-state index in [-0.39, 0.29) is 5.91 Å². The lowest BCUT2D eigenvalue weighted by molar-refractivity contribution is -0.119. The first kappa shape index (κ1) is 10.9. The number of nitrogens with one attached hydrogen (secondary N) is 2. The van der Waals surface area contributed by atoms with E-state index in [2.05, 4.69) is 23.3 Å². The topological polar surface area (TPSA) is 41.1 Å². The van der Waals surface area contributed by atoms with E-state index in [9.17, 15) is 4.79 Å². The molecule has 0 bridgehead atoms. The highest BCUT2D eigenvalue weighted by Gasteiger charge is 2.12. The monoisotopic (exact) mass is 202 g/mol. The van der Waals surface area contributed by atoms with Gasteiger partial charge in [0.05, 0.1) is 5.75 Å². The van der Waals surface area contributed by atoms with Crippen LogP contribution in [0.4, 0.5) is 0 Å². The Kier molecular flexibility index (Phi) is 5.23. The first-order chi connectivity index (χ1) is 6.33. The molecule has 0 aromatic carbocycles. The summed E-state index contributed by atoms with van der Waals surface area (Å²) in [6, 6.07) is 0.354. The second kappa shape index (κ2) is 6.27. The summed E-state index contributed by atoms with van der Waals surface area (Å²) in [4.78, 5) is 11.1. The van der Waals surface area contributed by atoms with Gasteiger partial charge in [-0.2, -0.15) is 12.6 Å². The van der Waals surface area contributed by atoms with Crippen molar-refractivity contribution >= 4 is 18.5 Å². The van der Waals surface area contributed by atoms with Crippen LogP contribution in [0, 0.1) is 0 Å². The molecule has 1 aliphatic heterocycles. The molecule has 1 atom stereocenters. The summed E-state index contributed by atoms with van der Waals surface area (Å²) in [6.07, 6.45) is 4.57. The van der Waals surface area contributed by atoms with Crippen LogP contribution in [0.1, 0.15) is 25.7 Å². The second-order valence-corrected chi connectivity index (χ2v) is 3.77. The van der Waals surface area contributed by atoms with Crippen molar-refractivity contribution in [3.63, 3.8) is 0 Å². The molecule has 4 heteroatoms. The van der Waals surface area contributed by atoms with Gasteiger partial charge in [-0.1, -0.05) is 6.42 Å². The number of carbonyl (C=O) groups excluding carboxylic acids is 1. The fourth-order valence-electron chi connectivity index (χ4n) is 1.60. The zero-order valence-electron chi connectivity index (χ0n) is 7.88. The molecular weight excluding hydrogens is 184 g/mol. The van der Waals surface area contributed by atoms with E-state index in [0.717, 1.165) is 25.9 Å². The fourth-order valence-corrected chi connectivity index (χ4v) is 1.70. The predicted octanol–water partition coefficient (Wildman–Crippen LogP) is 0.565. The van der Waals surface area contributed by atoms with E-state index in [4.69, 9.17) is 0 Å². The van der Waals surface area contributed by atoms with Crippen LogP contribution in [0.15, 0.2) is 0 Å². The number of amides is 1. The average Bonchev–Trinajstić information content (AvgIpc) is 2.09. The van der Waals surface area contributed by atoms with Crippen LogP contribution in [0.25, 0.3) is 0 Å². The third-order valence-corrected chi connectivity index (χ3v) is 2.62. The quantitative estimate of drug-likeness (QED) is 0.573. The predicted molar refractivity (Wildman–Crippen MR) is 57.1 cm³/mol. The largest absolute Gasteiger partial charge is 0.353 e. The summed E-state index contributed by atoms with van der Waals surface area (Å²) in [6.45, 7) is 2.13. The first-order valence-corrected chi connectivity index (χ1v) is 5.57. The average molecular weight is 202 g/mol. The summed E-state index contributed by atoms with van der Waals surface area (Å²) in [5.41, 5.74) is 0. The van der Waals surface area contributed by atoms with Gasteiger partial charge in [-0.15, -0.1) is 0 Å². The van der Waals surface area contributed by atoms with Crippen molar-refractivity contribution in [1.82, 2.24) is 10.6 Å². The van der Waals surface area contributed by atoms with Crippen LogP contribution in [-0.2, 0) is 4.79 Å². The van der Waals surface area contributed by atoms with Gasteiger partial charge in [0.15, 0.2) is 0 Å². The Morgan fingerprint density at radius 1 is 1.38 bits per heavy atom. The van der Waals surface area contributed by atoms with E-state index in [1.807, 2.05) is 0 Å². The van der Waals surface area contributed by atoms with Crippen molar-refractivity contribution in [3.8, 4) is 0 Å². The molecule has 0 aromatic heterocycles. The Bertz CT molecular complexity index is 156. The molecule has 1 heterocycles. The highest BCUT2D eigenvalue weighted by molar-refractivity contribution is 7.81. The number of hydrogen-bond donors (Lipinski definition) is 3. The molecule has 0 aromatic rings. The Balaban J connectivity index is 2.25. The van der Waals surface area contributed by atoms with Crippen molar-refractivity contribution in [2.24, 2.45) is 0 Å². The molecule has 0 saturated carbocycles. The van der Waals surface area contributed by atoms with Gasteiger partial charge in [-0.3, -0.25) is 4.79 Å². The van der Waals surface area contributed by atoms with Crippen molar-refractivity contribution in [1.29, 1.82) is 0 Å². The van der Waals surface area contributed by atoms with Crippen LogP contribution in [0.5, 0.6) is 0 Å². The summed E-state index contributed by atoms with van der Waals surface area (Å²) >= 11 is 3.94. The Morgan fingerprint density at radius 3 is 3.00 bits per heavy atom. The van der Waals surface area contributed by atoms with Crippen LogP contribution >= 0.6 is 12.6 Å². The molecule has 1 aliphatic rings. The standard InChI is InChI=1S/C9H18N2OS/c12-9(7-13)11-8-3-1-2-5-10-6-4-8/h8,10,13H,1-7H2,(H,11,12). The highest BCUT2D eigenvalue weighted by atomic mass is 32.1. The van der Waals surface area contributed by atoms with Gasteiger partial charge >= 0.3 is 0 Å². The number of thiol groups is 1. The van der Waals surface area contributed by atoms with Crippen molar-refractivity contribution in [3.05, 3.63) is 0 Å². The minimum Gasteiger partial charge on any atom is -0.353 e. The Labute approximate surface area is 85.1 Å². The molecule has 1 amide bonds. The number of carbonyl (C=O) groups is 1. The zero-order valence-corrected chi connectivity index (χ0v) is 8.78. The molecule has 1 fully saturated rings. The van der Waals surface area contributed by atoms with Gasteiger partial charge in [-0.05, 0) is 32.4 Å². The summed E-state index contributed by atoms with van der Waals surface area (Å²) in [7, 11) is 0. The third kappa shape index (κ3) is 4.52. The summed E-state index contributed by atoms with van der Waals surface area (Å²) in [5.74, 6) is 0.345. The second-order valence-electron chi connectivity index (χ2n) is 3.46. The Morgan fingerprint density at radius 2 is 2.23 bits per heavy atom. The zero-order chi connectivity index (χ0) is 9.52. The maximum atomic E-state index is 11.1. The van der Waals surface area contributed by atoms with Crippen LogP contribution in [0.3, 0.4) is 0 Å². The van der Waals surface area contributed by atoms with Crippen LogP contribution in [-0.4, -0.2) is 30.8 Å². The molecule has 1 unspecified atom stereocenters. The molecule has 1 saturated heterocycles. The number of rotatable bonds is 2. The van der Waals surface area contributed by atoms with Crippen molar-refractivity contribution in [2.45, 2.75) is 31.7 Å². The summed E-state index contributed by atoms with van der Waals surface area (Å²) in [5, 5.41) is 6.32. The number of hydrogen-bond acceptors (Lipinski definition) is 3. The fraction of sp³-hybridized carbons (Fsp3) is 0.889. The molecule has 0 spiro atoms. The van der Waals surface area contributed by atoms with E-state index < -0.39 is 0 Å². The van der Waals surface area contributed by atoms with E-state index in [0.29, 0.717) is 11.8 Å². The van der Waals surface area contributed by atoms with Gasteiger partial charge in [0.1, 0.15) is 0 Å². The maximum absolute atomic E-state index is 11.1. The van der Waals surface area contributed by atoms with Crippen molar-refractivity contribution in [2.75, 3.05) is 18.8 Å². The van der Waals surface area contributed by atoms with E-state index in [1.54, 1.807) is 0 Å². The minimum absolute atomic E-state index is 0.0499. The lowest BCUT2D eigenvalue weighted by atomic mass is 10.0. The van der Waals surface area contributed by atoms with Gasteiger partial charge in [-0.25, -0.2) is 0 Å². The molecule has 3 nitrogen and oxygen atoms in total. The SMILES string of the molecule is O=C(CS)NC1CCCCNCC1. The summed E-state index contributed by atoms with van der Waals surface area (Å²) < 4.78 is 0. The molecule has 2 N–H and O–H groups in total. The van der Waals surface area contributed by atoms with Gasteiger partial charge in [0.2, 0.25) is 5.91 Å². The lowest BCUT2D eigenvalue weighted by Crippen LogP contribution is -2.39. The van der Waals surface area contributed by atoms with Crippen molar-refractivity contribution < 1.29 is 4.79 Å². The van der Waals surface area contributed by atoms with E-state index >= 15 is 0 Å². The van der Waals surface area contributed by atoms with Crippen LogP contribution < -0.4 is 10.6 Å². The molecule has 13 heavy (non-hydrogen) atoms. The van der Waals surface area contributed by atoms with Gasteiger partial charge in [0, 0.05) is 6.04 Å². The molecule has 76 valence electrons. The van der Waals surface area contributed by atoms with E-state index in [1.165, 1.54) is 12.8 Å². The molecule has 0 aliphatic carbocycles. The minimum atomic E-state index is 0.0499.